The van der Waals surface area contributed by atoms with Gasteiger partial charge in [0.1, 0.15) is 0 Å². The van der Waals surface area contributed by atoms with Crippen LogP contribution in [0.15, 0.2) is 127 Å². The topological polar surface area (TPSA) is 9.86 Å². The largest absolute Gasteiger partial charge is 0.310 e. The second kappa shape index (κ2) is 17.0. The maximum absolute atomic E-state index is 2.85. The molecule has 14 rings (SSSR count). The Balaban J connectivity index is 1.29. The minimum Gasteiger partial charge on any atom is -0.310 e. The van der Waals surface area contributed by atoms with E-state index in [0.717, 1.165) is 6.42 Å². The average molecular weight is 1030 g/mol. The summed E-state index contributed by atoms with van der Waals surface area (Å²) in [5, 5.41) is 5.59. The molecule has 0 bridgehead atoms. The highest BCUT2D eigenvalue weighted by Gasteiger charge is 2.55. The third-order valence-electron chi connectivity index (χ3n) is 21.1. The summed E-state index contributed by atoms with van der Waals surface area (Å²) < 4.78 is 5.66. The maximum Gasteiger partial charge on any atom is 0.252 e. The fourth-order valence-electron chi connectivity index (χ4n) is 15.3. The molecule has 8 aromatic carbocycles. The predicted octanol–water partition coefficient (Wildman–Crippen LogP) is 18.8. The summed E-state index contributed by atoms with van der Waals surface area (Å²) in [5.41, 5.74) is 31.4. The van der Waals surface area contributed by atoms with Crippen LogP contribution in [0.3, 0.4) is 0 Å². The van der Waals surface area contributed by atoms with Crippen LogP contribution in [0.4, 0.5) is 0 Å². The Bertz CT molecular complexity index is 4190. The molecule has 2 nitrogen and oxygen atoms in total. The van der Waals surface area contributed by atoms with Crippen molar-refractivity contribution in [2.75, 3.05) is 0 Å². The average Bonchev–Trinajstić information content (AvgIpc) is 4.27. The van der Waals surface area contributed by atoms with Crippen molar-refractivity contribution in [1.29, 1.82) is 0 Å². The van der Waals surface area contributed by atoms with Gasteiger partial charge in [-0.2, -0.15) is 0 Å². The third kappa shape index (κ3) is 6.71. The molecule has 3 aliphatic heterocycles. The number of benzene rings is 8. The van der Waals surface area contributed by atoms with Crippen molar-refractivity contribution < 1.29 is 0 Å². The van der Waals surface area contributed by atoms with Crippen LogP contribution in [0.2, 0.25) is 0 Å². The molecule has 4 atom stereocenters. The molecule has 0 saturated carbocycles. The van der Waals surface area contributed by atoms with Gasteiger partial charge < -0.3 is 9.13 Å². The lowest BCUT2D eigenvalue weighted by Gasteiger charge is -2.45. The zero-order valence-electron chi connectivity index (χ0n) is 50.3. The van der Waals surface area contributed by atoms with E-state index in [-0.39, 0.29) is 17.5 Å². The smallest absolute Gasteiger partial charge is 0.252 e. The van der Waals surface area contributed by atoms with Gasteiger partial charge in [-0.05, 0) is 184 Å². The summed E-state index contributed by atoms with van der Waals surface area (Å²) in [6, 6.07) is 53.1. The molecule has 10 aromatic rings. The van der Waals surface area contributed by atoms with Crippen LogP contribution in [0.1, 0.15) is 203 Å². The van der Waals surface area contributed by atoms with Gasteiger partial charge in [-0.25, -0.2) is 0 Å². The quantitative estimate of drug-likeness (QED) is 0.128. The first-order valence-corrected chi connectivity index (χ1v) is 30.4. The minimum absolute atomic E-state index is 0.0255. The summed E-state index contributed by atoms with van der Waals surface area (Å²) in [7, 11) is 0. The fraction of sp³-hybridized carbons (Fsp3) is 0.368. The number of rotatable bonds is 9. The molecule has 5 heterocycles. The van der Waals surface area contributed by atoms with Gasteiger partial charge in [0, 0.05) is 43.8 Å². The Morgan fingerprint density at radius 3 is 1.47 bits per heavy atom. The fourth-order valence-corrected chi connectivity index (χ4v) is 15.3. The summed E-state index contributed by atoms with van der Waals surface area (Å²) in [6.07, 6.45) is 1.08. The van der Waals surface area contributed by atoms with Crippen molar-refractivity contribution in [3.05, 3.63) is 183 Å². The highest BCUT2D eigenvalue weighted by Crippen LogP contribution is 2.63. The molecular weight excluding hydrogens is 952 g/mol. The van der Waals surface area contributed by atoms with E-state index in [9.17, 15) is 0 Å². The van der Waals surface area contributed by atoms with E-state index in [1.54, 1.807) is 0 Å². The Kier molecular flexibility index (Phi) is 10.9. The van der Waals surface area contributed by atoms with Crippen molar-refractivity contribution in [2.24, 2.45) is 17.8 Å². The summed E-state index contributed by atoms with van der Waals surface area (Å²) in [4.78, 5) is 0. The monoisotopic (exact) mass is 1030 g/mol. The van der Waals surface area contributed by atoms with E-state index in [4.69, 9.17) is 0 Å². The van der Waals surface area contributed by atoms with Crippen molar-refractivity contribution in [3.63, 3.8) is 0 Å². The highest BCUT2D eigenvalue weighted by molar-refractivity contribution is 7.00. The van der Waals surface area contributed by atoms with Crippen LogP contribution in [-0.4, -0.2) is 15.8 Å². The SMILES string of the molecule is CCC(C)c1cc2c3c(c1)c1cc(C(C)C(C)C)cc4c1n3-c1c(cc(-c3cc(C(C)(C)C)cc(C(C)(C)C)c3)c3c1B4c1cc(C(C)C(C)C)cc4c5cc(C(C)C(C)C)ccc5n-3c14)C21c2ccccc2-c2ccccc21. The molecule has 0 radical (unpaired) electrons. The standard InChI is InChI=1S/C76H81BN2/c1-18-43(8)48-32-59-60-34-50(46(11)42(6)7)37-66-71(60)79-69(59)63(35-48)76(61-25-21-19-23-54(61)55-24-20-22-26-62(55)76)64-39-56(51-29-52(74(12,13)14)38-53(30-51)75(15,16)17)72-68(73(64)79)77(66)65-36-49(45(10)41(4)5)33-58-57-31-47(44(9)40(2)3)27-28-67(57)78(72)70(58)65/h19-46H,18H2,1-17H3. The summed E-state index contributed by atoms with van der Waals surface area (Å²) >= 11 is 0. The van der Waals surface area contributed by atoms with Crippen LogP contribution in [0.5, 0.6) is 0 Å². The zero-order chi connectivity index (χ0) is 55.4. The first-order valence-electron chi connectivity index (χ1n) is 30.4. The Morgan fingerprint density at radius 1 is 0.430 bits per heavy atom. The summed E-state index contributed by atoms with van der Waals surface area (Å²) in [6.45, 7) is 41.1. The Hall–Kier alpha value is -6.58. The van der Waals surface area contributed by atoms with E-state index >= 15 is 0 Å². The van der Waals surface area contributed by atoms with Gasteiger partial charge >= 0.3 is 0 Å². The molecule has 1 aliphatic carbocycles. The van der Waals surface area contributed by atoms with Crippen molar-refractivity contribution >= 4 is 66.7 Å². The molecule has 3 heteroatoms. The van der Waals surface area contributed by atoms with Crippen LogP contribution < -0.4 is 16.4 Å². The van der Waals surface area contributed by atoms with Gasteiger partial charge in [0.15, 0.2) is 0 Å². The molecule has 79 heavy (non-hydrogen) atoms. The lowest BCUT2D eigenvalue weighted by molar-refractivity contribution is 0.535. The van der Waals surface area contributed by atoms with Crippen LogP contribution in [0.25, 0.3) is 77.2 Å². The lowest BCUT2D eigenvalue weighted by Crippen LogP contribution is -2.61. The van der Waals surface area contributed by atoms with E-state index in [2.05, 4.69) is 254 Å². The molecule has 398 valence electrons. The minimum atomic E-state index is -0.604. The molecule has 0 N–H and O–H groups in total. The predicted molar refractivity (Wildman–Crippen MR) is 342 cm³/mol. The Morgan fingerprint density at radius 2 is 0.924 bits per heavy atom. The highest BCUT2D eigenvalue weighted by atomic mass is 15.1. The maximum atomic E-state index is 2.85. The van der Waals surface area contributed by atoms with Gasteiger partial charge in [-0.1, -0.05) is 209 Å². The molecular formula is C76H81BN2. The molecule has 0 fully saturated rings. The van der Waals surface area contributed by atoms with Crippen LogP contribution in [-0.2, 0) is 16.2 Å². The number of aromatic nitrogens is 2. The lowest BCUT2D eigenvalue weighted by atomic mass is 9.33. The van der Waals surface area contributed by atoms with Crippen LogP contribution in [0, 0.1) is 17.8 Å². The molecule has 1 spiro atoms. The Labute approximate surface area is 471 Å². The molecule has 0 saturated heterocycles. The third-order valence-corrected chi connectivity index (χ3v) is 21.1. The second-order valence-electron chi connectivity index (χ2n) is 28.5. The molecule has 2 aromatic heterocycles. The number of fused-ring (bicyclic) bond motifs is 14. The van der Waals surface area contributed by atoms with E-state index in [0.29, 0.717) is 41.4 Å². The van der Waals surface area contributed by atoms with Crippen molar-refractivity contribution in [2.45, 2.75) is 164 Å². The number of nitrogens with zero attached hydrogens (tertiary/aromatic N) is 2. The van der Waals surface area contributed by atoms with E-state index < -0.39 is 5.41 Å². The molecule has 0 amide bonds. The van der Waals surface area contributed by atoms with Crippen molar-refractivity contribution in [1.82, 2.24) is 9.13 Å². The number of hydrogen-bond acceptors (Lipinski definition) is 0. The molecule has 4 aliphatic rings. The first-order chi connectivity index (χ1) is 37.6. The normalized spacial score (nSPS) is 16.2. The summed E-state index contributed by atoms with van der Waals surface area (Å²) in [5.74, 6) is 3.02. The van der Waals surface area contributed by atoms with E-state index in [1.807, 2.05) is 0 Å². The van der Waals surface area contributed by atoms with Crippen LogP contribution >= 0.6 is 0 Å². The first kappa shape index (κ1) is 50.6. The van der Waals surface area contributed by atoms with Crippen molar-refractivity contribution in [3.8, 4) is 33.6 Å². The van der Waals surface area contributed by atoms with Gasteiger partial charge in [0.05, 0.1) is 22.1 Å². The van der Waals surface area contributed by atoms with Gasteiger partial charge in [-0.15, -0.1) is 0 Å². The van der Waals surface area contributed by atoms with Gasteiger partial charge in [0.2, 0.25) is 0 Å². The number of hydrogen-bond donors (Lipinski definition) is 0. The second-order valence-corrected chi connectivity index (χ2v) is 28.5. The van der Waals surface area contributed by atoms with E-state index in [1.165, 1.54) is 149 Å². The molecule has 4 unspecified atom stereocenters. The zero-order valence-corrected chi connectivity index (χ0v) is 50.3. The van der Waals surface area contributed by atoms with Gasteiger partial charge in [0.25, 0.3) is 6.71 Å². The van der Waals surface area contributed by atoms with Gasteiger partial charge in [-0.3, -0.25) is 0 Å².